The molecular weight excluding hydrogens is 433 g/mol. The number of pyridine rings is 1. The third-order valence-electron chi connectivity index (χ3n) is 4.74. The number of hydrogen-bond donors (Lipinski definition) is 2. The fourth-order valence-electron chi connectivity index (χ4n) is 3.37. The van der Waals surface area contributed by atoms with E-state index in [9.17, 15) is 14.0 Å². The van der Waals surface area contributed by atoms with E-state index in [1.165, 1.54) is 28.8 Å². The van der Waals surface area contributed by atoms with Crippen LogP contribution in [0.5, 0.6) is 0 Å². The maximum absolute atomic E-state index is 13.4. The molecule has 2 heterocycles. The van der Waals surface area contributed by atoms with Gasteiger partial charge in [0.1, 0.15) is 16.8 Å². The van der Waals surface area contributed by atoms with Crippen LogP contribution in [0.4, 0.5) is 14.9 Å². The Hall–Kier alpha value is -3.78. The minimum atomic E-state index is -0.428. The summed E-state index contributed by atoms with van der Waals surface area (Å²) in [4.78, 5) is 34.1. The number of anilines is 1. The standard InChI is InChI=1S/C23H19ClFN5O2/c1-14-12-16(13-20(24)27-14)28-23(32)26-11-10-21-29-19-5-3-2-4-18(19)22(31)30(21)17-8-6-15(25)7-9-17/h2-9,12-13H,10-11H2,1H3,(H2,26,27,28,32). The van der Waals surface area contributed by atoms with E-state index in [-0.39, 0.29) is 23.7 Å². The normalized spacial score (nSPS) is 10.8. The molecule has 162 valence electrons. The molecule has 0 bridgehead atoms. The van der Waals surface area contributed by atoms with Gasteiger partial charge < -0.3 is 10.6 Å². The number of rotatable bonds is 5. The molecule has 0 spiro atoms. The fourth-order valence-corrected chi connectivity index (χ4v) is 3.62. The summed E-state index contributed by atoms with van der Waals surface area (Å²) in [6.07, 6.45) is 0.279. The number of carbonyl (C=O) groups excluding carboxylic acids is 1. The van der Waals surface area contributed by atoms with Crippen molar-refractivity contribution >= 4 is 34.2 Å². The topological polar surface area (TPSA) is 88.9 Å². The highest BCUT2D eigenvalue weighted by molar-refractivity contribution is 6.29. The van der Waals surface area contributed by atoms with Gasteiger partial charge in [-0.15, -0.1) is 0 Å². The maximum atomic E-state index is 13.4. The van der Waals surface area contributed by atoms with E-state index in [2.05, 4.69) is 20.6 Å². The summed E-state index contributed by atoms with van der Waals surface area (Å²) in [7, 11) is 0. The minimum absolute atomic E-state index is 0.218. The zero-order chi connectivity index (χ0) is 22.7. The van der Waals surface area contributed by atoms with Crippen LogP contribution in [0.1, 0.15) is 11.5 Å². The Labute approximate surface area is 187 Å². The SMILES string of the molecule is Cc1cc(NC(=O)NCCc2nc3ccccc3c(=O)n2-c2ccc(F)cc2)cc(Cl)n1. The quantitative estimate of drug-likeness (QED) is 0.444. The van der Waals surface area contributed by atoms with Crippen LogP contribution in [0.3, 0.4) is 0 Å². The summed E-state index contributed by atoms with van der Waals surface area (Å²) >= 11 is 5.92. The summed E-state index contributed by atoms with van der Waals surface area (Å²) in [5, 5.41) is 6.18. The molecule has 0 unspecified atom stereocenters. The Morgan fingerprint density at radius 2 is 1.84 bits per heavy atom. The van der Waals surface area contributed by atoms with Gasteiger partial charge in [0, 0.05) is 24.3 Å². The summed E-state index contributed by atoms with van der Waals surface area (Å²) < 4.78 is 14.8. The van der Waals surface area contributed by atoms with E-state index in [0.717, 1.165) is 0 Å². The Morgan fingerprint density at radius 1 is 1.09 bits per heavy atom. The second-order valence-corrected chi connectivity index (χ2v) is 7.50. The van der Waals surface area contributed by atoms with E-state index in [1.807, 2.05) is 0 Å². The average Bonchev–Trinajstić information content (AvgIpc) is 2.74. The molecule has 0 saturated heterocycles. The van der Waals surface area contributed by atoms with Gasteiger partial charge in [0.2, 0.25) is 0 Å². The average molecular weight is 452 g/mol. The molecule has 0 saturated carbocycles. The van der Waals surface area contributed by atoms with Crippen molar-refractivity contribution in [3.8, 4) is 5.69 Å². The first-order valence-corrected chi connectivity index (χ1v) is 10.2. The van der Waals surface area contributed by atoms with Crippen molar-refractivity contribution in [2.24, 2.45) is 0 Å². The van der Waals surface area contributed by atoms with Crippen LogP contribution in [-0.4, -0.2) is 27.1 Å². The van der Waals surface area contributed by atoms with E-state index >= 15 is 0 Å². The van der Waals surface area contributed by atoms with Crippen molar-refractivity contribution in [2.45, 2.75) is 13.3 Å². The van der Waals surface area contributed by atoms with Crippen molar-refractivity contribution in [1.82, 2.24) is 19.9 Å². The van der Waals surface area contributed by atoms with Gasteiger partial charge in [-0.2, -0.15) is 0 Å². The lowest BCUT2D eigenvalue weighted by Crippen LogP contribution is -2.32. The lowest BCUT2D eigenvalue weighted by Gasteiger charge is -2.14. The predicted molar refractivity (Wildman–Crippen MR) is 122 cm³/mol. The summed E-state index contributed by atoms with van der Waals surface area (Å²) in [5.41, 5.74) is 1.99. The first-order chi connectivity index (χ1) is 15.4. The van der Waals surface area contributed by atoms with Crippen molar-refractivity contribution < 1.29 is 9.18 Å². The van der Waals surface area contributed by atoms with Crippen LogP contribution in [0.2, 0.25) is 5.15 Å². The van der Waals surface area contributed by atoms with Gasteiger partial charge >= 0.3 is 6.03 Å². The highest BCUT2D eigenvalue weighted by Crippen LogP contribution is 2.16. The van der Waals surface area contributed by atoms with Crippen molar-refractivity contribution in [1.29, 1.82) is 0 Å². The maximum Gasteiger partial charge on any atom is 0.319 e. The number of halogens is 2. The van der Waals surface area contributed by atoms with E-state index < -0.39 is 11.8 Å². The lowest BCUT2D eigenvalue weighted by molar-refractivity contribution is 0.252. The van der Waals surface area contributed by atoms with E-state index in [0.29, 0.717) is 33.8 Å². The van der Waals surface area contributed by atoms with Gasteiger partial charge in [-0.3, -0.25) is 9.36 Å². The van der Waals surface area contributed by atoms with Gasteiger partial charge in [0.05, 0.1) is 16.6 Å². The fraction of sp³-hybridized carbons (Fsp3) is 0.130. The van der Waals surface area contributed by atoms with Crippen LogP contribution in [0.15, 0.2) is 65.5 Å². The molecule has 2 aromatic heterocycles. The summed E-state index contributed by atoms with van der Waals surface area (Å²) in [6.45, 7) is 1.99. The predicted octanol–water partition coefficient (Wildman–Crippen LogP) is 4.25. The zero-order valence-corrected chi connectivity index (χ0v) is 17.9. The number of carbonyl (C=O) groups is 1. The molecule has 4 rings (SSSR count). The van der Waals surface area contributed by atoms with Crippen LogP contribution < -0.4 is 16.2 Å². The first kappa shape index (κ1) is 21.5. The largest absolute Gasteiger partial charge is 0.337 e. The Bertz CT molecular complexity index is 1330. The molecule has 0 aliphatic carbocycles. The molecule has 2 amide bonds. The highest BCUT2D eigenvalue weighted by Gasteiger charge is 2.13. The number of amides is 2. The van der Waals surface area contributed by atoms with Gasteiger partial charge in [-0.1, -0.05) is 23.7 Å². The number of benzene rings is 2. The molecule has 0 fully saturated rings. The third kappa shape index (κ3) is 4.76. The molecule has 0 radical (unpaired) electrons. The number of aryl methyl sites for hydroxylation is 1. The first-order valence-electron chi connectivity index (χ1n) is 9.86. The van der Waals surface area contributed by atoms with Gasteiger partial charge in [0.25, 0.3) is 5.56 Å². The molecule has 0 aliphatic heterocycles. The number of hydrogen-bond acceptors (Lipinski definition) is 4. The van der Waals surface area contributed by atoms with Crippen molar-refractivity contribution in [2.75, 3.05) is 11.9 Å². The van der Waals surface area contributed by atoms with Crippen LogP contribution in [0, 0.1) is 12.7 Å². The van der Waals surface area contributed by atoms with Crippen molar-refractivity contribution in [3.63, 3.8) is 0 Å². The smallest absolute Gasteiger partial charge is 0.319 e. The van der Waals surface area contributed by atoms with Crippen LogP contribution in [0.25, 0.3) is 16.6 Å². The lowest BCUT2D eigenvalue weighted by atomic mass is 10.2. The Morgan fingerprint density at radius 3 is 2.59 bits per heavy atom. The number of fused-ring (bicyclic) bond motifs is 1. The molecule has 4 aromatic rings. The van der Waals surface area contributed by atoms with Gasteiger partial charge in [-0.25, -0.2) is 19.2 Å². The van der Waals surface area contributed by atoms with Gasteiger partial charge in [-0.05, 0) is 55.5 Å². The number of aromatic nitrogens is 3. The molecule has 2 aromatic carbocycles. The summed E-state index contributed by atoms with van der Waals surface area (Å²) in [5.74, 6) is 0.0466. The summed E-state index contributed by atoms with van der Waals surface area (Å²) in [6, 6.07) is 15.4. The highest BCUT2D eigenvalue weighted by atomic mass is 35.5. The Balaban J connectivity index is 1.56. The molecule has 0 aliphatic rings. The third-order valence-corrected chi connectivity index (χ3v) is 4.94. The number of nitrogens with zero attached hydrogens (tertiary/aromatic N) is 3. The zero-order valence-electron chi connectivity index (χ0n) is 17.1. The molecule has 0 atom stereocenters. The number of urea groups is 1. The molecule has 32 heavy (non-hydrogen) atoms. The monoisotopic (exact) mass is 451 g/mol. The van der Waals surface area contributed by atoms with E-state index in [4.69, 9.17) is 11.6 Å². The van der Waals surface area contributed by atoms with Crippen LogP contribution in [-0.2, 0) is 6.42 Å². The number of nitrogens with one attached hydrogen (secondary N) is 2. The number of para-hydroxylation sites is 1. The second kappa shape index (κ2) is 9.15. The molecule has 7 nitrogen and oxygen atoms in total. The van der Waals surface area contributed by atoms with Gasteiger partial charge in [0.15, 0.2) is 0 Å². The molecular formula is C23H19ClFN5O2. The Kier molecular flexibility index (Phi) is 6.13. The second-order valence-electron chi connectivity index (χ2n) is 7.11. The molecule has 9 heteroatoms. The van der Waals surface area contributed by atoms with Crippen molar-refractivity contribution in [3.05, 3.63) is 93.5 Å². The molecule has 2 N–H and O–H groups in total. The van der Waals surface area contributed by atoms with E-state index in [1.54, 1.807) is 43.3 Å². The van der Waals surface area contributed by atoms with Crippen LogP contribution >= 0.6 is 11.6 Å². The minimum Gasteiger partial charge on any atom is -0.337 e.